The number of benzene rings is 1. The van der Waals surface area contributed by atoms with E-state index in [2.05, 4.69) is 0 Å². The molecular formula is C14H18N2O3S. The lowest BCUT2D eigenvalue weighted by atomic mass is 9.96. The van der Waals surface area contributed by atoms with Gasteiger partial charge in [0, 0.05) is 20.2 Å². The van der Waals surface area contributed by atoms with Gasteiger partial charge in [0.2, 0.25) is 10.0 Å². The van der Waals surface area contributed by atoms with Crippen molar-refractivity contribution in [1.29, 1.82) is 5.26 Å². The van der Waals surface area contributed by atoms with Crippen LogP contribution in [-0.4, -0.2) is 38.5 Å². The maximum Gasteiger partial charge on any atom is 0.243 e. The van der Waals surface area contributed by atoms with E-state index in [4.69, 9.17) is 10.00 Å². The molecule has 1 aliphatic rings. The Hall–Kier alpha value is -1.42. The fraction of sp³-hybridized carbons (Fsp3) is 0.500. The zero-order chi connectivity index (χ0) is 14.8. The van der Waals surface area contributed by atoms with E-state index in [1.54, 1.807) is 7.11 Å². The Balaban J connectivity index is 2.27. The topological polar surface area (TPSA) is 70.4 Å². The maximum atomic E-state index is 12.6. The molecule has 5 nitrogen and oxygen atoms in total. The lowest BCUT2D eigenvalue weighted by Gasteiger charge is -2.38. The van der Waals surface area contributed by atoms with Crippen LogP contribution in [0.2, 0.25) is 0 Å². The Labute approximate surface area is 119 Å². The average Bonchev–Trinajstić information content (AvgIpc) is 2.47. The summed E-state index contributed by atoms with van der Waals surface area (Å²) < 4.78 is 32.0. The molecule has 1 fully saturated rings. The van der Waals surface area contributed by atoms with Gasteiger partial charge in [-0.15, -0.1) is 0 Å². The van der Waals surface area contributed by atoms with Crippen molar-refractivity contribution in [2.45, 2.75) is 30.3 Å². The van der Waals surface area contributed by atoms with Crippen LogP contribution in [0.15, 0.2) is 29.2 Å². The van der Waals surface area contributed by atoms with Crippen molar-refractivity contribution >= 4 is 10.0 Å². The molecule has 0 amide bonds. The smallest absolute Gasteiger partial charge is 0.243 e. The molecule has 2 rings (SSSR count). The van der Waals surface area contributed by atoms with Gasteiger partial charge in [0.25, 0.3) is 0 Å². The second-order valence-electron chi connectivity index (χ2n) is 5.23. The van der Waals surface area contributed by atoms with Crippen molar-refractivity contribution in [1.82, 2.24) is 4.31 Å². The molecule has 0 radical (unpaired) electrons. The number of nitrogens with zero attached hydrogens (tertiary/aromatic N) is 2. The summed E-state index contributed by atoms with van der Waals surface area (Å²) in [6, 6.07) is 7.98. The maximum absolute atomic E-state index is 12.6. The van der Waals surface area contributed by atoms with Gasteiger partial charge in [-0.25, -0.2) is 8.42 Å². The first-order chi connectivity index (χ1) is 9.41. The van der Waals surface area contributed by atoms with Crippen LogP contribution in [-0.2, 0) is 14.8 Å². The van der Waals surface area contributed by atoms with Gasteiger partial charge in [0.15, 0.2) is 0 Å². The summed E-state index contributed by atoms with van der Waals surface area (Å²) in [5, 5.41) is 8.75. The standard InChI is InChI=1S/C14H18N2O3S/c1-14(19-2)8-3-9-16(11-14)20(17,18)13-6-4-12(10-15)5-7-13/h4-7H,3,8-9,11H2,1-2H3. The third kappa shape index (κ3) is 2.85. The molecule has 1 aromatic rings. The van der Waals surface area contributed by atoms with Crippen LogP contribution < -0.4 is 0 Å². The van der Waals surface area contributed by atoms with Crippen LogP contribution >= 0.6 is 0 Å². The third-order valence-electron chi connectivity index (χ3n) is 3.74. The summed E-state index contributed by atoms with van der Waals surface area (Å²) in [4.78, 5) is 0.219. The molecule has 6 heteroatoms. The number of rotatable bonds is 3. The highest BCUT2D eigenvalue weighted by Crippen LogP contribution is 2.28. The fourth-order valence-electron chi connectivity index (χ4n) is 2.38. The van der Waals surface area contributed by atoms with E-state index >= 15 is 0 Å². The van der Waals surface area contributed by atoms with Gasteiger partial charge in [-0.05, 0) is 44.0 Å². The summed E-state index contributed by atoms with van der Waals surface area (Å²) >= 11 is 0. The van der Waals surface area contributed by atoms with Gasteiger partial charge in [-0.3, -0.25) is 0 Å². The van der Waals surface area contributed by atoms with E-state index in [1.165, 1.54) is 28.6 Å². The Kier molecular flexibility index (Phi) is 4.14. The third-order valence-corrected chi connectivity index (χ3v) is 5.60. The highest BCUT2D eigenvalue weighted by Gasteiger charge is 2.36. The minimum Gasteiger partial charge on any atom is -0.377 e. The Morgan fingerprint density at radius 3 is 2.55 bits per heavy atom. The molecule has 1 aliphatic heterocycles. The molecule has 0 aromatic heterocycles. The SMILES string of the molecule is COC1(C)CCCN(S(=O)(=O)c2ccc(C#N)cc2)C1. The van der Waals surface area contributed by atoms with Crippen molar-refractivity contribution in [3.05, 3.63) is 29.8 Å². The van der Waals surface area contributed by atoms with E-state index in [1.807, 2.05) is 13.0 Å². The second-order valence-corrected chi connectivity index (χ2v) is 7.17. The van der Waals surface area contributed by atoms with Crippen LogP contribution in [0.1, 0.15) is 25.3 Å². The molecule has 1 unspecified atom stereocenters. The first kappa shape index (κ1) is 15.0. The molecular weight excluding hydrogens is 276 g/mol. The number of ether oxygens (including phenoxy) is 1. The van der Waals surface area contributed by atoms with Crippen molar-refractivity contribution < 1.29 is 13.2 Å². The first-order valence-electron chi connectivity index (χ1n) is 6.47. The summed E-state index contributed by atoms with van der Waals surface area (Å²) in [5.74, 6) is 0. The molecule has 0 saturated carbocycles. The van der Waals surface area contributed by atoms with Crippen LogP contribution in [0.5, 0.6) is 0 Å². The molecule has 1 saturated heterocycles. The van der Waals surface area contributed by atoms with Gasteiger partial charge < -0.3 is 4.74 Å². The number of methoxy groups -OCH3 is 1. The Bertz CT molecular complexity index is 619. The zero-order valence-corrected chi connectivity index (χ0v) is 12.5. The molecule has 1 heterocycles. The van der Waals surface area contributed by atoms with Crippen molar-refractivity contribution in [2.24, 2.45) is 0 Å². The highest BCUT2D eigenvalue weighted by atomic mass is 32.2. The second kappa shape index (κ2) is 5.52. The highest BCUT2D eigenvalue weighted by molar-refractivity contribution is 7.89. The van der Waals surface area contributed by atoms with Crippen molar-refractivity contribution in [3.8, 4) is 6.07 Å². The van der Waals surface area contributed by atoms with Gasteiger partial charge in [-0.1, -0.05) is 0 Å². The van der Waals surface area contributed by atoms with Crippen LogP contribution in [0.25, 0.3) is 0 Å². The Morgan fingerprint density at radius 2 is 2.00 bits per heavy atom. The van der Waals surface area contributed by atoms with E-state index in [0.717, 1.165) is 12.8 Å². The quantitative estimate of drug-likeness (QED) is 0.851. The summed E-state index contributed by atoms with van der Waals surface area (Å²) in [5.41, 5.74) is 0.0158. The van der Waals surface area contributed by atoms with E-state index < -0.39 is 15.6 Å². The molecule has 1 atom stereocenters. The van der Waals surface area contributed by atoms with Gasteiger partial charge >= 0.3 is 0 Å². The van der Waals surface area contributed by atoms with E-state index in [0.29, 0.717) is 18.7 Å². The molecule has 0 N–H and O–H groups in total. The minimum atomic E-state index is -3.52. The molecule has 108 valence electrons. The molecule has 0 bridgehead atoms. The monoisotopic (exact) mass is 294 g/mol. The molecule has 0 spiro atoms. The largest absolute Gasteiger partial charge is 0.377 e. The number of hydrogen-bond donors (Lipinski definition) is 0. The molecule has 0 aliphatic carbocycles. The minimum absolute atomic E-state index is 0.219. The predicted molar refractivity (Wildman–Crippen MR) is 74.6 cm³/mol. The summed E-state index contributed by atoms with van der Waals surface area (Å²) in [6.45, 7) is 2.78. The number of hydrogen-bond acceptors (Lipinski definition) is 4. The van der Waals surface area contributed by atoms with Crippen LogP contribution in [0, 0.1) is 11.3 Å². The molecule has 20 heavy (non-hydrogen) atoms. The van der Waals surface area contributed by atoms with Crippen molar-refractivity contribution in [3.63, 3.8) is 0 Å². The average molecular weight is 294 g/mol. The zero-order valence-electron chi connectivity index (χ0n) is 11.7. The number of piperidine rings is 1. The molecule has 1 aromatic carbocycles. The fourth-order valence-corrected chi connectivity index (χ4v) is 3.97. The van der Waals surface area contributed by atoms with E-state index in [-0.39, 0.29) is 4.90 Å². The van der Waals surface area contributed by atoms with Crippen LogP contribution in [0.4, 0.5) is 0 Å². The lowest BCUT2D eigenvalue weighted by Crippen LogP contribution is -2.49. The van der Waals surface area contributed by atoms with Crippen LogP contribution in [0.3, 0.4) is 0 Å². The van der Waals surface area contributed by atoms with Crippen molar-refractivity contribution in [2.75, 3.05) is 20.2 Å². The number of sulfonamides is 1. The summed E-state index contributed by atoms with van der Waals surface area (Å²) in [7, 11) is -1.92. The Morgan fingerprint density at radius 1 is 1.35 bits per heavy atom. The van der Waals surface area contributed by atoms with E-state index in [9.17, 15) is 8.42 Å². The first-order valence-corrected chi connectivity index (χ1v) is 7.91. The van der Waals surface area contributed by atoms with Gasteiger partial charge in [-0.2, -0.15) is 9.57 Å². The van der Waals surface area contributed by atoms with Gasteiger partial charge in [0.05, 0.1) is 22.1 Å². The number of nitriles is 1. The normalized spacial score (nSPS) is 24.2. The predicted octanol–water partition coefficient (Wildman–Crippen LogP) is 1.75. The summed E-state index contributed by atoms with van der Waals surface area (Å²) in [6.07, 6.45) is 1.63. The van der Waals surface area contributed by atoms with Gasteiger partial charge in [0.1, 0.15) is 0 Å². The lowest BCUT2D eigenvalue weighted by molar-refractivity contribution is -0.0319.